The second-order valence-corrected chi connectivity index (χ2v) is 8.47. The van der Waals surface area contributed by atoms with Gasteiger partial charge >= 0.3 is 11.9 Å². The van der Waals surface area contributed by atoms with Gasteiger partial charge in [-0.05, 0) is 54.5 Å². The third-order valence-electron chi connectivity index (χ3n) is 5.66. The summed E-state index contributed by atoms with van der Waals surface area (Å²) in [5, 5.41) is 13.1. The quantitative estimate of drug-likeness (QED) is 0.434. The van der Waals surface area contributed by atoms with Crippen molar-refractivity contribution in [2.75, 3.05) is 7.05 Å². The first-order valence-electron chi connectivity index (χ1n) is 10.3. The molecule has 6 nitrogen and oxygen atoms in total. The summed E-state index contributed by atoms with van der Waals surface area (Å²) in [7, 11) is 1.65. The highest BCUT2D eigenvalue weighted by Gasteiger charge is 2.35. The van der Waals surface area contributed by atoms with Crippen LogP contribution in [0.25, 0.3) is 0 Å². The average molecular weight is 544 g/mol. The van der Waals surface area contributed by atoms with E-state index in [-0.39, 0.29) is 28.9 Å². The molecule has 34 heavy (non-hydrogen) atoms. The number of phenolic OH excluding ortho intramolecular Hbond substituents is 1. The molecule has 0 aliphatic carbocycles. The van der Waals surface area contributed by atoms with Crippen LogP contribution in [0.15, 0.2) is 56.5 Å². The molecule has 0 saturated heterocycles. The molecule has 0 unspecified atom stereocenters. The molecule has 0 aliphatic heterocycles. The number of rotatable bonds is 7. The number of aromatic nitrogens is 2. The molecule has 0 aliphatic rings. The van der Waals surface area contributed by atoms with Crippen LogP contribution in [-0.4, -0.2) is 21.3 Å². The van der Waals surface area contributed by atoms with Crippen molar-refractivity contribution >= 4 is 15.9 Å². The third-order valence-corrected chi connectivity index (χ3v) is 6.57. The van der Waals surface area contributed by atoms with Gasteiger partial charge in [-0.15, -0.1) is 0 Å². The minimum absolute atomic E-state index is 0.0134. The first-order valence-corrected chi connectivity index (χ1v) is 11.1. The van der Waals surface area contributed by atoms with Crippen LogP contribution in [0.1, 0.15) is 34.8 Å². The second-order valence-electron chi connectivity index (χ2n) is 7.68. The number of aromatic hydroxyl groups is 1. The highest BCUT2D eigenvalue weighted by atomic mass is 79.9. The van der Waals surface area contributed by atoms with Crippen LogP contribution in [-0.2, 0) is 19.3 Å². The molecule has 0 bridgehead atoms. The van der Waals surface area contributed by atoms with Gasteiger partial charge in [-0.1, -0.05) is 24.3 Å². The number of nitrogens with one attached hydrogen (secondary N) is 1. The molecule has 1 atom stereocenters. The molecule has 0 saturated carbocycles. The summed E-state index contributed by atoms with van der Waals surface area (Å²) < 4.78 is 56.6. The molecular formula is C23H22BrF4N3O3. The molecule has 1 heterocycles. The van der Waals surface area contributed by atoms with Crippen molar-refractivity contribution < 1.29 is 22.7 Å². The summed E-state index contributed by atoms with van der Waals surface area (Å²) in [5.74, 6) is -1.07. The van der Waals surface area contributed by atoms with E-state index in [1.165, 1.54) is 13.0 Å². The van der Waals surface area contributed by atoms with E-state index in [1.807, 2.05) is 0 Å². The summed E-state index contributed by atoms with van der Waals surface area (Å²) in [6.45, 7) is 0.587. The van der Waals surface area contributed by atoms with E-state index in [0.717, 1.165) is 27.3 Å². The Morgan fingerprint density at radius 3 is 2.38 bits per heavy atom. The van der Waals surface area contributed by atoms with Crippen LogP contribution in [0.2, 0.25) is 0 Å². The van der Waals surface area contributed by atoms with Gasteiger partial charge in [0.25, 0.3) is 5.56 Å². The Kier molecular flexibility index (Phi) is 7.67. The van der Waals surface area contributed by atoms with Crippen molar-refractivity contribution in [2.24, 2.45) is 0 Å². The smallest absolute Gasteiger partial charge is 0.416 e. The zero-order valence-electron chi connectivity index (χ0n) is 18.3. The summed E-state index contributed by atoms with van der Waals surface area (Å²) >= 11 is 3.12. The molecule has 2 aromatic carbocycles. The maximum Gasteiger partial charge on any atom is 0.416 e. The van der Waals surface area contributed by atoms with Crippen LogP contribution in [0.5, 0.6) is 5.75 Å². The van der Waals surface area contributed by atoms with E-state index in [1.54, 1.807) is 25.2 Å². The van der Waals surface area contributed by atoms with E-state index >= 15 is 0 Å². The molecule has 0 radical (unpaired) electrons. The van der Waals surface area contributed by atoms with Crippen LogP contribution < -0.4 is 16.6 Å². The van der Waals surface area contributed by atoms with Crippen molar-refractivity contribution in [3.63, 3.8) is 0 Å². The third kappa shape index (κ3) is 5.10. The molecule has 3 aromatic rings. The summed E-state index contributed by atoms with van der Waals surface area (Å²) in [6.07, 6.45) is -4.61. The molecule has 1 aromatic heterocycles. The molecule has 0 amide bonds. The maximum atomic E-state index is 14.4. The number of hydrogen-bond donors (Lipinski definition) is 2. The maximum absolute atomic E-state index is 14.4. The van der Waals surface area contributed by atoms with Crippen molar-refractivity contribution in [2.45, 2.75) is 38.7 Å². The molecule has 3 rings (SSSR count). The lowest BCUT2D eigenvalue weighted by molar-refractivity contribution is -0.138. The molecule has 0 fully saturated rings. The topological polar surface area (TPSA) is 76.3 Å². The van der Waals surface area contributed by atoms with Gasteiger partial charge in [0.15, 0.2) is 0 Å². The van der Waals surface area contributed by atoms with Crippen molar-refractivity contribution in [3.8, 4) is 5.75 Å². The SMILES string of the molecule is CN[C@@H](CCn1c(=O)c(Br)c(C)n(Cc2c(F)cccc2C(F)(F)F)c1=O)c1ccccc1O. The Hall–Kier alpha value is -2.92. The van der Waals surface area contributed by atoms with Crippen LogP contribution in [0, 0.1) is 12.7 Å². The summed E-state index contributed by atoms with van der Waals surface area (Å²) in [4.78, 5) is 26.0. The Bertz CT molecular complexity index is 1320. The number of phenols is 1. The molecule has 2 N–H and O–H groups in total. The highest BCUT2D eigenvalue weighted by Crippen LogP contribution is 2.33. The Balaban J connectivity index is 2.04. The fraction of sp³-hybridized carbons (Fsp3) is 0.304. The molecule has 0 spiro atoms. The number of alkyl halides is 3. The molecule has 11 heteroatoms. The van der Waals surface area contributed by atoms with Crippen molar-refractivity contribution in [3.05, 3.63) is 96.0 Å². The fourth-order valence-corrected chi connectivity index (χ4v) is 4.22. The molecule has 182 valence electrons. The fourth-order valence-electron chi connectivity index (χ4n) is 3.79. The van der Waals surface area contributed by atoms with Crippen LogP contribution in [0.3, 0.4) is 0 Å². The number of benzene rings is 2. The lowest BCUT2D eigenvalue weighted by atomic mass is 10.0. The van der Waals surface area contributed by atoms with Crippen molar-refractivity contribution in [1.29, 1.82) is 0 Å². The Morgan fingerprint density at radius 2 is 1.76 bits per heavy atom. The monoisotopic (exact) mass is 543 g/mol. The predicted molar refractivity (Wildman–Crippen MR) is 122 cm³/mol. The van der Waals surface area contributed by atoms with Gasteiger partial charge in [-0.25, -0.2) is 9.18 Å². The van der Waals surface area contributed by atoms with E-state index < -0.39 is 47.0 Å². The van der Waals surface area contributed by atoms with Crippen LogP contribution >= 0.6 is 15.9 Å². The number of nitrogens with zero attached hydrogens (tertiary/aromatic N) is 2. The van der Waals surface area contributed by atoms with E-state index in [2.05, 4.69) is 21.2 Å². The zero-order valence-corrected chi connectivity index (χ0v) is 19.9. The van der Waals surface area contributed by atoms with Gasteiger partial charge in [0.05, 0.1) is 12.1 Å². The first-order chi connectivity index (χ1) is 16.0. The Morgan fingerprint density at radius 1 is 1.09 bits per heavy atom. The standard InChI is InChI=1S/C23H22BrF4N3O3/c1-13-20(24)21(33)30(11-10-18(29-2)14-6-3-4-9-19(14)32)22(34)31(13)12-15-16(23(26,27)28)7-5-8-17(15)25/h3-9,18,29,32H,10-12H2,1-2H3/t18-/m0/s1. The number of para-hydroxylation sites is 1. The predicted octanol–water partition coefficient (Wildman–Crippen LogP) is 4.34. The largest absolute Gasteiger partial charge is 0.508 e. The van der Waals surface area contributed by atoms with Crippen molar-refractivity contribution in [1.82, 2.24) is 14.5 Å². The lowest BCUT2D eigenvalue weighted by Crippen LogP contribution is -2.42. The Labute approximate surface area is 200 Å². The van der Waals surface area contributed by atoms with Crippen LogP contribution in [0.4, 0.5) is 17.6 Å². The second kappa shape index (κ2) is 10.1. The van der Waals surface area contributed by atoms with E-state index in [0.29, 0.717) is 5.56 Å². The number of halogens is 5. The first kappa shape index (κ1) is 25.7. The summed E-state index contributed by atoms with van der Waals surface area (Å²) in [6, 6.07) is 8.76. The van der Waals surface area contributed by atoms with Gasteiger partial charge in [0.2, 0.25) is 0 Å². The zero-order chi connectivity index (χ0) is 25.2. The molecular weight excluding hydrogens is 522 g/mol. The minimum Gasteiger partial charge on any atom is -0.508 e. The van der Waals surface area contributed by atoms with Gasteiger partial charge in [-0.2, -0.15) is 13.2 Å². The highest BCUT2D eigenvalue weighted by molar-refractivity contribution is 9.10. The van der Waals surface area contributed by atoms with Gasteiger partial charge in [0, 0.05) is 29.4 Å². The van der Waals surface area contributed by atoms with Gasteiger partial charge in [0.1, 0.15) is 16.0 Å². The van der Waals surface area contributed by atoms with E-state index in [4.69, 9.17) is 0 Å². The minimum atomic E-state index is -4.82. The lowest BCUT2D eigenvalue weighted by Gasteiger charge is -2.20. The van der Waals surface area contributed by atoms with Gasteiger partial charge < -0.3 is 10.4 Å². The normalized spacial score (nSPS) is 12.7. The van der Waals surface area contributed by atoms with E-state index in [9.17, 15) is 32.3 Å². The summed E-state index contributed by atoms with van der Waals surface area (Å²) in [5.41, 5.74) is -2.77. The number of hydrogen-bond acceptors (Lipinski definition) is 4. The average Bonchev–Trinajstić information content (AvgIpc) is 2.78. The van der Waals surface area contributed by atoms with Gasteiger partial charge in [-0.3, -0.25) is 13.9 Å².